The van der Waals surface area contributed by atoms with E-state index < -0.39 is 0 Å². The van der Waals surface area contributed by atoms with Gasteiger partial charge in [-0.1, -0.05) is 13.8 Å². The minimum atomic E-state index is -0.359. The Hall–Kier alpha value is -0.850. The van der Waals surface area contributed by atoms with Gasteiger partial charge < -0.3 is 5.32 Å². The SMILES string of the molecule is CC(C)C1(CNc2ccc([N+](=O)[O-])cc2I)CC1. The molecule has 98 valence electrons. The molecule has 0 aliphatic heterocycles. The van der Waals surface area contributed by atoms with Crippen molar-refractivity contribution in [2.75, 3.05) is 11.9 Å². The highest BCUT2D eigenvalue weighted by atomic mass is 127. The van der Waals surface area contributed by atoms with Crippen LogP contribution in [0.1, 0.15) is 26.7 Å². The molecule has 1 aliphatic carbocycles. The lowest BCUT2D eigenvalue weighted by atomic mass is 9.92. The number of nitro groups is 1. The van der Waals surface area contributed by atoms with E-state index >= 15 is 0 Å². The van der Waals surface area contributed by atoms with Crippen LogP contribution in [0.5, 0.6) is 0 Å². The Bertz CT molecular complexity index is 470. The van der Waals surface area contributed by atoms with Crippen LogP contribution in [0, 0.1) is 25.0 Å². The van der Waals surface area contributed by atoms with Crippen molar-refractivity contribution in [3.63, 3.8) is 0 Å². The van der Waals surface area contributed by atoms with Gasteiger partial charge in [0.2, 0.25) is 0 Å². The van der Waals surface area contributed by atoms with Crippen LogP contribution in [0.25, 0.3) is 0 Å². The Balaban J connectivity index is 2.04. The van der Waals surface area contributed by atoms with Crippen LogP contribution in [0.2, 0.25) is 0 Å². The van der Waals surface area contributed by atoms with E-state index in [0.717, 1.165) is 15.8 Å². The normalized spacial score (nSPS) is 16.7. The highest BCUT2D eigenvalue weighted by Gasteiger charge is 2.44. The number of nitrogens with one attached hydrogen (secondary N) is 1. The van der Waals surface area contributed by atoms with E-state index in [-0.39, 0.29) is 10.6 Å². The Morgan fingerprint density at radius 3 is 2.61 bits per heavy atom. The zero-order valence-corrected chi connectivity index (χ0v) is 12.7. The molecular weight excluding hydrogens is 343 g/mol. The fourth-order valence-corrected chi connectivity index (χ4v) is 2.84. The van der Waals surface area contributed by atoms with Gasteiger partial charge in [0.05, 0.1) is 4.92 Å². The molecule has 0 radical (unpaired) electrons. The van der Waals surface area contributed by atoms with Gasteiger partial charge in [0.25, 0.3) is 5.69 Å². The molecule has 1 saturated carbocycles. The second kappa shape index (κ2) is 5.03. The summed E-state index contributed by atoms with van der Waals surface area (Å²) in [5.74, 6) is 0.681. The number of benzene rings is 1. The maximum Gasteiger partial charge on any atom is 0.270 e. The number of nitrogens with zero attached hydrogens (tertiary/aromatic N) is 1. The molecule has 0 unspecified atom stereocenters. The van der Waals surface area contributed by atoms with E-state index in [2.05, 4.69) is 41.8 Å². The number of hydrogen-bond acceptors (Lipinski definition) is 3. The second-order valence-corrected chi connectivity index (χ2v) is 6.45. The highest BCUT2D eigenvalue weighted by Crippen LogP contribution is 2.51. The lowest BCUT2D eigenvalue weighted by molar-refractivity contribution is -0.384. The molecule has 4 nitrogen and oxygen atoms in total. The van der Waals surface area contributed by atoms with Crippen molar-refractivity contribution in [1.29, 1.82) is 0 Å². The van der Waals surface area contributed by atoms with Crippen LogP contribution >= 0.6 is 22.6 Å². The van der Waals surface area contributed by atoms with Crippen LogP contribution < -0.4 is 5.32 Å². The lowest BCUT2D eigenvalue weighted by Crippen LogP contribution is -2.21. The molecule has 0 atom stereocenters. The van der Waals surface area contributed by atoms with Gasteiger partial charge in [-0.15, -0.1) is 0 Å². The Morgan fingerprint density at radius 2 is 2.17 bits per heavy atom. The van der Waals surface area contributed by atoms with Gasteiger partial charge in [0.15, 0.2) is 0 Å². The van der Waals surface area contributed by atoms with Crippen LogP contribution in [-0.2, 0) is 0 Å². The number of non-ortho nitro benzene ring substituents is 1. The average Bonchev–Trinajstić information content (AvgIpc) is 3.08. The predicted molar refractivity (Wildman–Crippen MR) is 80.8 cm³/mol. The molecule has 0 aromatic heterocycles. The topological polar surface area (TPSA) is 55.2 Å². The van der Waals surface area contributed by atoms with E-state index in [4.69, 9.17) is 0 Å². The molecule has 0 spiro atoms. The summed E-state index contributed by atoms with van der Waals surface area (Å²) in [5, 5.41) is 14.1. The van der Waals surface area contributed by atoms with Gasteiger partial charge in [0, 0.05) is 27.9 Å². The number of anilines is 1. The first-order valence-corrected chi connectivity index (χ1v) is 7.20. The fourth-order valence-electron chi connectivity index (χ4n) is 2.15. The van der Waals surface area contributed by atoms with Crippen LogP contribution in [0.4, 0.5) is 11.4 Å². The van der Waals surface area contributed by atoms with E-state index in [1.165, 1.54) is 12.8 Å². The molecule has 0 bridgehead atoms. The third-order valence-corrected chi connectivity index (χ3v) is 4.80. The Labute approximate surface area is 120 Å². The number of halogens is 1. The molecule has 1 aromatic rings. The van der Waals surface area contributed by atoms with Crippen LogP contribution in [0.3, 0.4) is 0 Å². The predicted octanol–water partition coefficient (Wildman–Crippen LogP) is 4.05. The molecule has 0 saturated heterocycles. The summed E-state index contributed by atoms with van der Waals surface area (Å²) >= 11 is 2.14. The molecule has 1 aromatic carbocycles. The lowest BCUT2D eigenvalue weighted by Gasteiger charge is -2.21. The largest absolute Gasteiger partial charge is 0.384 e. The molecule has 18 heavy (non-hydrogen) atoms. The number of rotatable bonds is 5. The highest BCUT2D eigenvalue weighted by molar-refractivity contribution is 14.1. The van der Waals surface area contributed by atoms with Gasteiger partial charge in [-0.25, -0.2) is 0 Å². The van der Waals surface area contributed by atoms with Crippen molar-refractivity contribution in [2.45, 2.75) is 26.7 Å². The van der Waals surface area contributed by atoms with Gasteiger partial charge >= 0.3 is 0 Å². The minimum Gasteiger partial charge on any atom is -0.384 e. The van der Waals surface area contributed by atoms with Gasteiger partial charge in [0.1, 0.15) is 0 Å². The quantitative estimate of drug-likeness (QED) is 0.490. The smallest absolute Gasteiger partial charge is 0.270 e. The average molecular weight is 360 g/mol. The maximum atomic E-state index is 10.7. The van der Waals surface area contributed by atoms with E-state index in [1.54, 1.807) is 18.2 Å². The fraction of sp³-hybridized carbons (Fsp3) is 0.538. The molecule has 1 aliphatic rings. The minimum absolute atomic E-state index is 0.148. The zero-order chi connectivity index (χ0) is 13.3. The molecule has 1 N–H and O–H groups in total. The summed E-state index contributed by atoms with van der Waals surface area (Å²) in [6.07, 6.45) is 2.56. The first-order chi connectivity index (χ1) is 8.44. The van der Waals surface area contributed by atoms with E-state index in [0.29, 0.717) is 11.3 Å². The summed E-state index contributed by atoms with van der Waals surface area (Å²) in [7, 11) is 0. The third-order valence-electron chi connectivity index (χ3n) is 3.91. The maximum absolute atomic E-state index is 10.7. The van der Waals surface area contributed by atoms with Crippen molar-refractivity contribution in [2.24, 2.45) is 11.3 Å². The monoisotopic (exact) mass is 360 g/mol. The summed E-state index contributed by atoms with van der Waals surface area (Å²) in [5.41, 5.74) is 1.58. The summed E-state index contributed by atoms with van der Waals surface area (Å²) in [4.78, 5) is 10.3. The van der Waals surface area contributed by atoms with Gasteiger partial charge in [-0.3, -0.25) is 10.1 Å². The van der Waals surface area contributed by atoms with Crippen molar-refractivity contribution >= 4 is 34.0 Å². The number of nitro benzene ring substituents is 1. The first-order valence-electron chi connectivity index (χ1n) is 6.12. The molecule has 0 heterocycles. The second-order valence-electron chi connectivity index (χ2n) is 5.29. The number of hydrogen-bond donors (Lipinski definition) is 1. The van der Waals surface area contributed by atoms with Crippen molar-refractivity contribution in [3.05, 3.63) is 31.9 Å². The standard InChI is InChI=1S/C13H17IN2O2/c1-9(2)13(5-6-13)8-15-12-4-3-10(16(17)18)7-11(12)14/h3-4,7,9,15H,5-6,8H2,1-2H3. The van der Waals surface area contributed by atoms with Gasteiger partial charge in [-0.2, -0.15) is 0 Å². The van der Waals surface area contributed by atoms with Crippen molar-refractivity contribution in [1.82, 2.24) is 0 Å². The van der Waals surface area contributed by atoms with Crippen LogP contribution in [0.15, 0.2) is 18.2 Å². The van der Waals surface area contributed by atoms with Crippen LogP contribution in [-0.4, -0.2) is 11.5 Å². The summed E-state index contributed by atoms with van der Waals surface area (Å²) < 4.78 is 0.904. The van der Waals surface area contributed by atoms with Crippen molar-refractivity contribution < 1.29 is 4.92 Å². The molecule has 5 heteroatoms. The van der Waals surface area contributed by atoms with Gasteiger partial charge in [-0.05, 0) is 52.8 Å². The first kappa shape index (κ1) is 13.6. The van der Waals surface area contributed by atoms with E-state index in [9.17, 15) is 10.1 Å². The molecule has 0 amide bonds. The molecule has 2 rings (SSSR count). The van der Waals surface area contributed by atoms with Crippen molar-refractivity contribution in [3.8, 4) is 0 Å². The van der Waals surface area contributed by atoms with E-state index in [1.807, 2.05) is 0 Å². The Kier molecular flexibility index (Phi) is 3.79. The Morgan fingerprint density at radius 1 is 1.50 bits per heavy atom. The summed E-state index contributed by atoms with van der Waals surface area (Å²) in [6.45, 7) is 5.48. The molecule has 1 fully saturated rings. The summed E-state index contributed by atoms with van der Waals surface area (Å²) in [6, 6.07) is 4.97. The zero-order valence-electron chi connectivity index (χ0n) is 10.6. The third kappa shape index (κ3) is 2.76. The molecular formula is C13H17IN2O2.